The van der Waals surface area contributed by atoms with Crippen molar-refractivity contribution in [2.45, 2.75) is 6.42 Å². The SMILES string of the molecule is C1=CCC=C(C=Cc2nccs2)C=C1. The van der Waals surface area contributed by atoms with Gasteiger partial charge in [0.2, 0.25) is 0 Å². The standard InChI is InChI=1S/C12H11NS/c1-2-4-6-11(5-3-1)7-8-12-13-9-10-14-12/h1-3,5-10H,4H2. The van der Waals surface area contributed by atoms with E-state index in [9.17, 15) is 0 Å². The molecular weight excluding hydrogens is 190 g/mol. The van der Waals surface area contributed by atoms with Crippen LogP contribution in [0.4, 0.5) is 0 Å². The molecule has 1 heterocycles. The summed E-state index contributed by atoms with van der Waals surface area (Å²) in [5.74, 6) is 0. The molecule has 0 unspecified atom stereocenters. The molecule has 1 aromatic rings. The van der Waals surface area contributed by atoms with Crippen LogP contribution in [0.25, 0.3) is 6.08 Å². The summed E-state index contributed by atoms with van der Waals surface area (Å²) in [7, 11) is 0. The molecule has 1 aromatic heterocycles. The van der Waals surface area contributed by atoms with Crippen molar-refractivity contribution < 1.29 is 0 Å². The van der Waals surface area contributed by atoms with E-state index in [4.69, 9.17) is 0 Å². The lowest BCUT2D eigenvalue weighted by Gasteiger charge is -1.89. The number of allylic oxidation sites excluding steroid dienone is 7. The van der Waals surface area contributed by atoms with E-state index in [1.807, 2.05) is 17.7 Å². The molecule has 0 radical (unpaired) electrons. The van der Waals surface area contributed by atoms with Crippen LogP contribution in [0, 0.1) is 0 Å². The van der Waals surface area contributed by atoms with E-state index in [-0.39, 0.29) is 0 Å². The number of nitrogens with zero attached hydrogens (tertiary/aromatic N) is 1. The van der Waals surface area contributed by atoms with Gasteiger partial charge in [-0.1, -0.05) is 36.5 Å². The van der Waals surface area contributed by atoms with E-state index >= 15 is 0 Å². The second-order valence-corrected chi connectivity index (χ2v) is 3.86. The van der Waals surface area contributed by atoms with Gasteiger partial charge in [0.1, 0.15) is 5.01 Å². The first-order chi connectivity index (χ1) is 6.95. The average molecular weight is 201 g/mol. The normalized spacial score (nSPS) is 15.9. The summed E-state index contributed by atoms with van der Waals surface area (Å²) in [5, 5.41) is 3.04. The third-order valence-corrected chi connectivity index (χ3v) is 2.64. The van der Waals surface area contributed by atoms with E-state index in [0.29, 0.717) is 0 Å². The minimum atomic E-state index is 1.00. The predicted molar refractivity (Wildman–Crippen MR) is 62.1 cm³/mol. The van der Waals surface area contributed by atoms with Gasteiger partial charge in [0, 0.05) is 11.6 Å². The van der Waals surface area contributed by atoms with Crippen LogP contribution < -0.4 is 0 Å². The van der Waals surface area contributed by atoms with Crippen molar-refractivity contribution in [3.8, 4) is 0 Å². The highest BCUT2D eigenvalue weighted by Crippen LogP contribution is 2.11. The molecule has 14 heavy (non-hydrogen) atoms. The van der Waals surface area contributed by atoms with Gasteiger partial charge in [0.05, 0.1) is 0 Å². The Hall–Kier alpha value is -1.41. The highest BCUT2D eigenvalue weighted by Gasteiger charge is 1.90. The minimum Gasteiger partial charge on any atom is -0.245 e. The topological polar surface area (TPSA) is 12.9 Å². The van der Waals surface area contributed by atoms with Crippen molar-refractivity contribution in [1.82, 2.24) is 4.98 Å². The average Bonchev–Trinajstić information content (AvgIpc) is 2.58. The number of hydrogen-bond acceptors (Lipinski definition) is 2. The minimum absolute atomic E-state index is 1.00. The fraction of sp³-hybridized carbons (Fsp3) is 0.0833. The molecule has 1 aliphatic carbocycles. The molecule has 0 fully saturated rings. The Morgan fingerprint density at radius 2 is 2.29 bits per heavy atom. The van der Waals surface area contributed by atoms with E-state index < -0.39 is 0 Å². The van der Waals surface area contributed by atoms with E-state index in [1.165, 1.54) is 5.57 Å². The monoisotopic (exact) mass is 201 g/mol. The Kier molecular flexibility index (Phi) is 3.09. The van der Waals surface area contributed by atoms with Crippen molar-refractivity contribution in [2.24, 2.45) is 0 Å². The van der Waals surface area contributed by atoms with Crippen LogP contribution in [0.1, 0.15) is 11.4 Å². The van der Waals surface area contributed by atoms with Crippen molar-refractivity contribution in [3.63, 3.8) is 0 Å². The van der Waals surface area contributed by atoms with Crippen LogP contribution in [0.15, 0.2) is 53.6 Å². The first-order valence-corrected chi connectivity index (χ1v) is 5.44. The lowest BCUT2D eigenvalue weighted by atomic mass is 10.2. The maximum Gasteiger partial charge on any atom is 0.116 e. The molecule has 0 amide bonds. The maximum atomic E-state index is 4.19. The van der Waals surface area contributed by atoms with Gasteiger partial charge < -0.3 is 0 Å². The Balaban J connectivity index is 2.07. The van der Waals surface area contributed by atoms with E-state index in [2.05, 4.69) is 41.4 Å². The summed E-state index contributed by atoms with van der Waals surface area (Å²) in [6.07, 6.45) is 17.5. The Morgan fingerprint density at radius 3 is 3.14 bits per heavy atom. The predicted octanol–water partition coefficient (Wildman–Crippen LogP) is 3.60. The van der Waals surface area contributed by atoms with E-state index in [1.54, 1.807) is 11.3 Å². The first kappa shape index (κ1) is 9.16. The number of thiazole rings is 1. The van der Waals surface area contributed by atoms with Crippen LogP contribution in [-0.2, 0) is 0 Å². The summed E-state index contributed by atoms with van der Waals surface area (Å²) in [4.78, 5) is 4.19. The molecule has 2 rings (SSSR count). The van der Waals surface area contributed by atoms with Gasteiger partial charge in [0.25, 0.3) is 0 Å². The zero-order chi connectivity index (χ0) is 9.64. The molecule has 0 saturated carbocycles. The molecule has 0 bridgehead atoms. The summed E-state index contributed by atoms with van der Waals surface area (Å²) >= 11 is 1.65. The fourth-order valence-corrected chi connectivity index (χ4v) is 1.73. The van der Waals surface area contributed by atoms with Crippen molar-refractivity contribution >= 4 is 17.4 Å². The quantitative estimate of drug-likeness (QED) is 0.712. The van der Waals surface area contributed by atoms with Gasteiger partial charge >= 0.3 is 0 Å². The Morgan fingerprint density at radius 1 is 1.29 bits per heavy atom. The molecular formula is C12H11NS. The van der Waals surface area contributed by atoms with Gasteiger partial charge in [-0.05, 0) is 18.1 Å². The molecule has 0 aromatic carbocycles. The van der Waals surface area contributed by atoms with Crippen LogP contribution >= 0.6 is 11.3 Å². The summed E-state index contributed by atoms with van der Waals surface area (Å²) in [5.41, 5.74) is 1.24. The third kappa shape index (κ3) is 2.54. The van der Waals surface area contributed by atoms with Gasteiger partial charge in [0.15, 0.2) is 0 Å². The van der Waals surface area contributed by atoms with Crippen LogP contribution in [-0.4, -0.2) is 4.98 Å². The Bertz CT molecular complexity index is 394. The molecule has 2 heteroatoms. The molecule has 0 spiro atoms. The Labute approximate surface area is 87.8 Å². The van der Waals surface area contributed by atoms with Crippen molar-refractivity contribution in [2.75, 3.05) is 0 Å². The second kappa shape index (κ2) is 4.72. The third-order valence-electron chi connectivity index (χ3n) is 1.90. The van der Waals surface area contributed by atoms with Gasteiger partial charge in [-0.25, -0.2) is 4.98 Å². The molecule has 1 nitrogen and oxygen atoms in total. The van der Waals surface area contributed by atoms with Gasteiger partial charge in [-0.15, -0.1) is 11.3 Å². The van der Waals surface area contributed by atoms with E-state index in [0.717, 1.165) is 11.4 Å². The first-order valence-electron chi connectivity index (χ1n) is 4.56. The fourth-order valence-electron chi connectivity index (χ4n) is 1.20. The van der Waals surface area contributed by atoms with Crippen molar-refractivity contribution in [1.29, 1.82) is 0 Å². The number of rotatable bonds is 2. The number of hydrogen-bond donors (Lipinski definition) is 0. The van der Waals surface area contributed by atoms with Crippen molar-refractivity contribution in [3.05, 3.63) is 58.6 Å². The molecule has 1 aliphatic rings. The highest BCUT2D eigenvalue weighted by molar-refractivity contribution is 7.10. The molecule has 0 saturated heterocycles. The second-order valence-electron chi connectivity index (χ2n) is 2.93. The molecule has 0 atom stereocenters. The smallest absolute Gasteiger partial charge is 0.116 e. The number of aromatic nitrogens is 1. The molecule has 0 aliphatic heterocycles. The lowest BCUT2D eigenvalue weighted by Crippen LogP contribution is -1.71. The molecule has 70 valence electrons. The maximum absolute atomic E-state index is 4.19. The highest BCUT2D eigenvalue weighted by atomic mass is 32.1. The molecule has 0 N–H and O–H groups in total. The van der Waals surface area contributed by atoms with Crippen LogP contribution in [0.3, 0.4) is 0 Å². The summed E-state index contributed by atoms with van der Waals surface area (Å²) in [6.45, 7) is 0. The van der Waals surface area contributed by atoms with Crippen LogP contribution in [0.2, 0.25) is 0 Å². The zero-order valence-corrected chi connectivity index (χ0v) is 8.58. The summed E-state index contributed by atoms with van der Waals surface area (Å²) < 4.78 is 0. The lowest BCUT2D eigenvalue weighted by molar-refractivity contribution is 1.38. The summed E-state index contributed by atoms with van der Waals surface area (Å²) in [6, 6.07) is 0. The van der Waals surface area contributed by atoms with Gasteiger partial charge in [-0.3, -0.25) is 0 Å². The van der Waals surface area contributed by atoms with Gasteiger partial charge in [-0.2, -0.15) is 0 Å². The zero-order valence-electron chi connectivity index (χ0n) is 7.76. The van der Waals surface area contributed by atoms with Crippen LogP contribution in [0.5, 0.6) is 0 Å². The largest absolute Gasteiger partial charge is 0.245 e.